The van der Waals surface area contributed by atoms with Crippen LogP contribution in [0.25, 0.3) is 22.6 Å². The molecule has 3 N–H and O–H groups in total. The van der Waals surface area contributed by atoms with Gasteiger partial charge in [-0.05, 0) is 24.3 Å². The summed E-state index contributed by atoms with van der Waals surface area (Å²) < 4.78 is 22.3. The third kappa shape index (κ3) is 2.20. The van der Waals surface area contributed by atoms with Gasteiger partial charge in [0.2, 0.25) is 10.0 Å². The highest BCUT2D eigenvalue weighted by atomic mass is 32.2. The van der Waals surface area contributed by atoms with E-state index in [4.69, 9.17) is 5.14 Å². The summed E-state index contributed by atoms with van der Waals surface area (Å²) in [6, 6.07) is 10.6. The van der Waals surface area contributed by atoms with Crippen molar-refractivity contribution in [3.63, 3.8) is 0 Å². The predicted molar refractivity (Wildman–Crippen MR) is 70.7 cm³/mol. The third-order valence-corrected chi connectivity index (χ3v) is 3.60. The fourth-order valence-electron chi connectivity index (χ4n) is 1.76. The second kappa shape index (κ2) is 4.15. The molecule has 0 aliphatic heterocycles. The van der Waals surface area contributed by atoms with Crippen LogP contribution in [0.1, 0.15) is 0 Å². The van der Waals surface area contributed by atoms with E-state index in [9.17, 15) is 8.42 Å². The molecule has 0 aliphatic carbocycles. The number of fused-ring (bicyclic) bond motifs is 1. The molecule has 0 saturated heterocycles. The van der Waals surface area contributed by atoms with Crippen LogP contribution in [0, 0.1) is 0 Å². The molecule has 96 valence electrons. The van der Waals surface area contributed by atoms with Crippen LogP contribution in [0.5, 0.6) is 0 Å². The van der Waals surface area contributed by atoms with E-state index in [0.29, 0.717) is 11.5 Å². The predicted octanol–water partition coefficient (Wildman–Crippen LogP) is 1.27. The number of rotatable bonds is 2. The number of nitrogens with one attached hydrogen (secondary N) is 1. The Labute approximate surface area is 109 Å². The average molecular weight is 274 g/mol. The van der Waals surface area contributed by atoms with Gasteiger partial charge in [0.25, 0.3) is 0 Å². The number of benzene rings is 1. The zero-order chi connectivity index (χ0) is 13.5. The summed E-state index contributed by atoms with van der Waals surface area (Å²) in [4.78, 5) is 11.5. The first-order valence-electron chi connectivity index (χ1n) is 5.48. The number of hydrogen-bond donors (Lipinski definition) is 2. The zero-order valence-corrected chi connectivity index (χ0v) is 10.6. The molecule has 6 nitrogen and oxygen atoms in total. The molecule has 0 saturated carbocycles. The Bertz CT molecular complexity index is 805. The summed E-state index contributed by atoms with van der Waals surface area (Å²) >= 11 is 0. The number of para-hydroxylation sites is 2. The minimum absolute atomic E-state index is 0.0210. The van der Waals surface area contributed by atoms with Crippen LogP contribution in [0.15, 0.2) is 47.5 Å². The molecular weight excluding hydrogens is 264 g/mol. The van der Waals surface area contributed by atoms with Crippen molar-refractivity contribution in [2.24, 2.45) is 5.14 Å². The van der Waals surface area contributed by atoms with Crippen molar-refractivity contribution >= 4 is 21.1 Å². The van der Waals surface area contributed by atoms with Gasteiger partial charge < -0.3 is 4.98 Å². The Morgan fingerprint density at radius 3 is 2.53 bits per heavy atom. The highest BCUT2D eigenvalue weighted by Crippen LogP contribution is 2.19. The van der Waals surface area contributed by atoms with E-state index >= 15 is 0 Å². The lowest BCUT2D eigenvalue weighted by atomic mass is 10.3. The number of nitrogens with two attached hydrogens (primary N) is 1. The molecule has 0 bridgehead atoms. The first-order valence-corrected chi connectivity index (χ1v) is 7.03. The lowest BCUT2D eigenvalue weighted by Gasteiger charge is -1.98. The average Bonchev–Trinajstić information content (AvgIpc) is 2.81. The SMILES string of the molecule is NS(=O)(=O)c1ccc(-c2nc3ccccc3[nH]2)nc1. The number of aromatic nitrogens is 3. The normalized spacial score (nSPS) is 11.8. The molecule has 7 heteroatoms. The van der Waals surface area contributed by atoms with Crippen LogP contribution < -0.4 is 5.14 Å². The van der Waals surface area contributed by atoms with E-state index in [0.717, 1.165) is 11.0 Å². The maximum atomic E-state index is 11.1. The zero-order valence-electron chi connectivity index (χ0n) is 9.74. The van der Waals surface area contributed by atoms with E-state index in [2.05, 4.69) is 15.0 Å². The third-order valence-electron chi connectivity index (χ3n) is 2.70. The fraction of sp³-hybridized carbons (Fsp3) is 0. The topological polar surface area (TPSA) is 102 Å². The summed E-state index contributed by atoms with van der Waals surface area (Å²) in [6.45, 7) is 0. The van der Waals surface area contributed by atoms with Crippen LogP contribution in [-0.4, -0.2) is 23.4 Å². The molecule has 2 aromatic heterocycles. The van der Waals surface area contributed by atoms with Gasteiger partial charge in [0.1, 0.15) is 10.6 Å². The largest absolute Gasteiger partial charge is 0.337 e. The first kappa shape index (κ1) is 11.8. The Hall–Kier alpha value is -2.25. The summed E-state index contributed by atoms with van der Waals surface area (Å²) in [6.07, 6.45) is 1.22. The van der Waals surface area contributed by atoms with E-state index in [1.54, 1.807) is 6.07 Å². The summed E-state index contributed by atoms with van der Waals surface area (Å²) in [5, 5.41) is 5.02. The number of sulfonamides is 1. The van der Waals surface area contributed by atoms with Gasteiger partial charge in [-0.25, -0.2) is 18.5 Å². The first-order chi connectivity index (χ1) is 9.04. The van der Waals surface area contributed by atoms with Gasteiger partial charge in [0, 0.05) is 6.20 Å². The molecule has 1 aromatic carbocycles. The van der Waals surface area contributed by atoms with Gasteiger partial charge in [0.05, 0.1) is 11.0 Å². The molecule has 0 amide bonds. The van der Waals surface area contributed by atoms with E-state index in [1.165, 1.54) is 12.3 Å². The molecule has 3 aromatic rings. The van der Waals surface area contributed by atoms with Crippen molar-refractivity contribution < 1.29 is 8.42 Å². The minimum Gasteiger partial charge on any atom is -0.337 e. The van der Waals surface area contributed by atoms with Gasteiger partial charge in [-0.15, -0.1) is 0 Å². The van der Waals surface area contributed by atoms with Gasteiger partial charge >= 0.3 is 0 Å². The van der Waals surface area contributed by atoms with Crippen LogP contribution in [0.3, 0.4) is 0 Å². The molecule has 0 radical (unpaired) electrons. The monoisotopic (exact) mass is 274 g/mol. The van der Waals surface area contributed by atoms with Crippen LogP contribution in [0.4, 0.5) is 0 Å². The van der Waals surface area contributed by atoms with Crippen molar-refractivity contribution in [1.82, 2.24) is 15.0 Å². The highest BCUT2D eigenvalue weighted by Gasteiger charge is 2.10. The van der Waals surface area contributed by atoms with Gasteiger partial charge in [0.15, 0.2) is 5.82 Å². The summed E-state index contributed by atoms with van der Waals surface area (Å²) in [5.41, 5.74) is 2.29. The number of primary sulfonamides is 1. The van der Waals surface area contributed by atoms with Crippen molar-refractivity contribution in [2.75, 3.05) is 0 Å². The lowest BCUT2D eigenvalue weighted by Crippen LogP contribution is -2.12. The Morgan fingerprint density at radius 1 is 1.11 bits per heavy atom. The lowest BCUT2D eigenvalue weighted by molar-refractivity contribution is 0.597. The molecule has 3 rings (SSSR count). The molecular formula is C12H10N4O2S. The Kier molecular flexibility index (Phi) is 2.58. The van der Waals surface area contributed by atoms with Gasteiger partial charge in [-0.3, -0.25) is 4.98 Å². The van der Waals surface area contributed by atoms with Crippen molar-refractivity contribution in [3.8, 4) is 11.5 Å². The Morgan fingerprint density at radius 2 is 1.89 bits per heavy atom. The fourth-order valence-corrected chi connectivity index (χ4v) is 2.22. The van der Waals surface area contributed by atoms with Crippen molar-refractivity contribution in [3.05, 3.63) is 42.6 Å². The maximum Gasteiger partial charge on any atom is 0.239 e. The standard InChI is InChI=1S/C12H10N4O2S/c13-19(17,18)8-5-6-11(14-7-8)12-15-9-3-1-2-4-10(9)16-12/h1-7H,(H,15,16)(H2,13,17,18). The molecule has 0 aliphatic rings. The number of imidazole rings is 1. The number of nitrogens with zero attached hydrogens (tertiary/aromatic N) is 2. The van der Waals surface area contributed by atoms with E-state index < -0.39 is 10.0 Å². The van der Waals surface area contributed by atoms with Crippen LogP contribution in [0.2, 0.25) is 0 Å². The molecule has 19 heavy (non-hydrogen) atoms. The van der Waals surface area contributed by atoms with E-state index in [1.807, 2.05) is 24.3 Å². The van der Waals surface area contributed by atoms with Crippen molar-refractivity contribution in [1.29, 1.82) is 0 Å². The number of aromatic amines is 1. The van der Waals surface area contributed by atoms with Gasteiger partial charge in [-0.1, -0.05) is 12.1 Å². The number of hydrogen-bond acceptors (Lipinski definition) is 4. The smallest absolute Gasteiger partial charge is 0.239 e. The summed E-state index contributed by atoms with van der Waals surface area (Å²) in [7, 11) is -3.72. The van der Waals surface area contributed by atoms with Crippen LogP contribution in [-0.2, 0) is 10.0 Å². The maximum absolute atomic E-state index is 11.1. The van der Waals surface area contributed by atoms with Crippen LogP contribution >= 0.6 is 0 Å². The molecule has 0 spiro atoms. The molecule has 0 fully saturated rings. The van der Waals surface area contributed by atoms with Gasteiger partial charge in [-0.2, -0.15) is 0 Å². The quantitative estimate of drug-likeness (QED) is 0.734. The molecule has 0 unspecified atom stereocenters. The number of H-pyrrole nitrogens is 1. The minimum atomic E-state index is -3.72. The molecule has 2 heterocycles. The molecule has 0 atom stereocenters. The highest BCUT2D eigenvalue weighted by molar-refractivity contribution is 7.89. The van der Waals surface area contributed by atoms with Crippen molar-refractivity contribution in [2.45, 2.75) is 4.90 Å². The second-order valence-corrected chi connectivity index (χ2v) is 5.59. The number of pyridine rings is 1. The van der Waals surface area contributed by atoms with E-state index in [-0.39, 0.29) is 4.90 Å². The summed E-state index contributed by atoms with van der Waals surface area (Å²) in [5.74, 6) is 0.585. The second-order valence-electron chi connectivity index (χ2n) is 4.03. The Balaban J connectivity index is 2.07.